The van der Waals surface area contributed by atoms with E-state index in [9.17, 15) is 0 Å². The zero-order valence-corrected chi connectivity index (χ0v) is 9.47. The van der Waals surface area contributed by atoms with E-state index in [1.54, 1.807) is 18.3 Å². The van der Waals surface area contributed by atoms with Gasteiger partial charge in [-0.15, -0.1) is 0 Å². The van der Waals surface area contributed by atoms with Crippen LogP contribution < -0.4 is 10.5 Å². The molecular formula is C13H13N3O. The zero-order valence-electron chi connectivity index (χ0n) is 9.47. The summed E-state index contributed by atoms with van der Waals surface area (Å²) in [6, 6.07) is 11.1. The average Bonchev–Trinajstić information content (AvgIpc) is 2.32. The normalized spacial score (nSPS) is 9.94. The molecule has 0 bridgehead atoms. The van der Waals surface area contributed by atoms with Crippen LogP contribution in [0.3, 0.4) is 0 Å². The summed E-state index contributed by atoms with van der Waals surface area (Å²) in [4.78, 5) is 4.02. The van der Waals surface area contributed by atoms with Crippen molar-refractivity contribution in [1.29, 1.82) is 5.41 Å². The van der Waals surface area contributed by atoms with E-state index < -0.39 is 0 Å². The Balaban J connectivity index is 2.30. The van der Waals surface area contributed by atoms with E-state index in [1.807, 2.05) is 31.2 Å². The SMILES string of the molecule is Cc1ccc(Oc2cccnc2C(=N)N)cc1. The highest BCUT2D eigenvalue weighted by Gasteiger charge is 2.08. The summed E-state index contributed by atoms with van der Waals surface area (Å²) in [5.74, 6) is 1.09. The van der Waals surface area contributed by atoms with Crippen LogP contribution in [0, 0.1) is 12.3 Å². The van der Waals surface area contributed by atoms with E-state index in [2.05, 4.69) is 4.98 Å². The fourth-order valence-electron chi connectivity index (χ4n) is 1.41. The molecule has 4 heteroatoms. The molecule has 3 N–H and O–H groups in total. The molecule has 1 aromatic carbocycles. The van der Waals surface area contributed by atoms with Gasteiger partial charge in [0.15, 0.2) is 5.75 Å². The molecule has 0 radical (unpaired) electrons. The minimum absolute atomic E-state index is 0.104. The van der Waals surface area contributed by atoms with Crippen molar-refractivity contribution in [1.82, 2.24) is 4.98 Å². The quantitative estimate of drug-likeness (QED) is 0.625. The number of nitrogens with one attached hydrogen (secondary N) is 1. The molecule has 0 aliphatic heterocycles. The van der Waals surface area contributed by atoms with Gasteiger partial charge >= 0.3 is 0 Å². The number of rotatable bonds is 3. The highest BCUT2D eigenvalue weighted by molar-refractivity contribution is 5.95. The summed E-state index contributed by atoms with van der Waals surface area (Å²) < 4.78 is 5.64. The standard InChI is InChI=1S/C13H13N3O/c1-9-4-6-10(7-5-9)17-11-3-2-8-16-12(11)13(14)15/h2-8H,1H3,(H3,14,15). The van der Waals surface area contributed by atoms with Crippen LogP contribution in [0.5, 0.6) is 11.5 Å². The Hall–Kier alpha value is -2.36. The number of aryl methyl sites for hydroxylation is 1. The van der Waals surface area contributed by atoms with E-state index in [-0.39, 0.29) is 5.84 Å². The second-order valence-corrected chi connectivity index (χ2v) is 3.68. The van der Waals surface area contributed by atoms with Crippen molar-refractivity contribution in [2.45, 2.75) is 6.92 Å². The molecule has 1 aromatic heterocycles. The van der Waals surface area contributed by atoms with Crippen LogP contribution in [0.1, 0.15) is 11.3 Å². The molecule has 4 nitrogen and oxygen atoms in total. The summed E-state index contributed by atoms with van der Waals surface area (Å²) in [6.07, 6.45) is 1.58. The lowest BCUT2D eigenvalue weighted by molar-refractivity contribution is 0.479. The Kier molecular flexibility index (Phi) is 3.05. The summed E-state index contributed by atoms with van der Waals surface area (Å²) in [6.45, 7) is 2.01. The number of nitrogens with zero attached hydrogens (tertiary/aromatic N) is 1. The molecular weight excluding hydrogens is 214 g/mol. The van der Waals surface area contributed by atoms with Gasteiger partial charge in [0.25, 0.3) is 0 Å². The van der Waals surface area contributed by atoms with Gasteiger partial charge in [0.2, 0.25) is 0 Å². The number of amidine groups is 1. The molecule has 0 aliphatic rings. The number of nitrogens with two attached hydrogens (primary N) is 1. The third kappa shape index (κ3) is 2.60. The number of aromatic nitrogens is 1. The van der Waals surface area contributed by atoms with Gasteiger partial charge in [0.1, 0.15) is 17.3 Å². The first kappa shape index (κ1) is 11.1. The molecule has 0 saturated heterocycles. The largest absolute Gasteiger partial charge is 0.455 e. The molecule has 0 spiro atoms. The molecule has 2 aromatic rings. The number of ether oxygens (including phenoxy) is 1. The van der Waals surface area contributed by atoms with E-state index in [0.717, 1.165) is 5.56 Å². The molecule has 2 rings (SSSR count). The topological polar surface area (TPSA) is 72.0 Å². The summed E-state index contributed by atoms with van der Waals surface area (Å²) in [5.41, 5.74) is 6.95. The van der Waals surface area contributed by atoms with Crippen molar-refractivity contribution in [3.8, 4) is 11.5 Å². The first-order valence-electron chi connectivity index (χ1n) is 5.21. The van der Waals surface area contributed by atoms with Crippen molar-refractivity contribution in [3.05, 3.63) is 53.9 Å². The molecule has 0 fully saturated rings. The first-order valence-corrected chi connectivity index (χ1v) is 5.21. The van der Waals surface area contributed by atoms with Gasteiger partial charge in [-0.25, -0.2) is 4.98 Å². The maximum atomic E-state index is 7.41. The predicted octanol–water partition coefficient (Wildman–Crippen LogP) is 2.47. The summed E-state index contributed by atoms with van der Waals surface area (Å²) >= 11 is 0. The van der Waals surface area contributed by atoms with Gasteiger partial charge in [0.05, 0.1) is 0 Å². The summed E-state index contributed by atoms with van der Waals surface area (Å²) in [5, 5.41) is 7.41. The maximum Gasteiger partial charge on any atom is 0.156 e. The van der Waals surface area contributed by atoms with Crippen molar-refractivity contribution in [3.63, 3.8) is 0 Å². The van der Waals surface area contributed by atoms with Crippen LogP contribution >= 0.6 is 0 Å². The summed E-state index contributed by atoms with van der Waals surface area (Å²) in [7, 11) is 0. The highest BCUT2D eigenvalue weighted by Crippen LogP contribution is 2.23. The monoisotopic (exact) mass is 227 g/mol. The maximum absolute atomic E-state index is 7.41. The zero-order chi connectivity index (χ0) is 12.3. The molecule has 0 unspecified atom stereocenters. The third-order valence-corrected chi connectivity index (χ3v) is 2.27. The van der Waals surface area contributed by atoms with Crippen molar-refractivity contribution >= 4 is 5.84 Å². The number of hydrogen-bond donors (Lipinski definition) is 2. The van der Waals surface area contributed by atoms with Crippen molar-refractivity contribution < 1.29 is 4.74 Å². The first-order chi connectivity index (χ1) is 8.16. The Morgan fingerprint density at radius 2 is 1.94 bits per heavy atom. The Morgan fingerprint density at radius 1 is 1.24 bits per heavy atom. The number of hydrogen-bond acceptors (Lipinski definition) is 3. The van der Waals surface area contributed by atoms with Crippen LogP contribution in [0.4, 0.5) is 0 Å². The van der Waals surface area contributed by atoms with Gasteiger partial charge in [0, 0.05) is 6.20 Å². The van der Waals surface area contributed by atoms with E-state index in [4.69, 9.17) is 15.9 Å². The minimum atomic E-state index is -0.104. The van der Waals surface area contributed by atoms with Crippen LogP contribution in [-0.2, 0) is 0 Å². The minimum Gasteiger partial charge on any atom is -0.455 e. The van der Waals surface area contributed by atoms with E-state index in [1.165, 1.54) is 0 Å². The van der Waals surface area contributed by atoms with E-state index >= 15 is 0 Å². The lowest BCUT2D eigenvalue weighted by Gasteiger charge is -2.09. The van der Waals surface area contributed by atoms with Gasteiger partial charge in [-0.05, 0) is 31.2 Å². The van der Waals surface area contributed by atoms with Crippen LogP contribution in [0.2, 0.25) is 0 Å². The van der Waals surface area contributed by atoms with Crippen LogP contribution in [0.15, 0.2) is 42.6 Å². The highest BCUT2D eigenvalue weighted by atomic mass is 16.5. The fourth-order valence-corrected chi connectivity index (χ4v) is 1.41. The van der Waals surface area contributed by atoms with Crippen molar-refractivity contribution in [2.75, 3.05) is 0 Å². The van der Waals surface area contributed by atoms with Gasteiger partial charge < -0.3 is 10.5 Å². The van der Waals surface area contributed by atoms with Crippen LogP contribution in [-0.4, -0.2) is 10.8 Å². The number of benzene rings is 1. The van der Waals surface area contributed by atoms with Crippen LogP contribution in [0.25, 0.3) is 0 Å². The molecule has 86 valence electrons. The van der Waals surface area contributed by atoms with E-state index in [0.29, 0.717) is 17.2 Å². The number of pyridine rings is 1. The molecule has 1 heterocycles. The second kappa shape index (κ2) is 4.65. The Labute approximate surface area is 99.6 Å². The lowest BCUT2D eigenvalue weighted by Crippen LogP contribution is -2.14. The molecule has 0 aliphatic carbocycles. The molecule has 0 atom stereocenters. The fraction of sp³-hybridized carbons (Fsp3) is 0.0769. The van der Waals surface area contributed by atoms with Crippen molar-refractivity contribution in [2.24, 2.45) is 5.73 Å². The number of nitrogen functional groups attached to an aromatic ring is 1. The molecule has 0 amide bonds. The van der Waals surface area contributed by atoms with Gasteiger partial charge in [-0.2, -0.15) is 0 Å². The van der Waals surface area contributed by atoms with Gasteiger partial charge in [-0.3, -0.25) is 5.41 Å². The lowest BCUT2D eigenvalue weighted by atomic mass is 10.2. The third-order valence-electron chi connectivity index (χ3n) is 2.27. The predicted molar refractivity (Wildman–Crippen MR) is 66.5 cm³/mol. The Bertz CT molecular complexity index is 535. The molecule has 17 heavy (non-hydrogen) atoms. The average molecular weight is 227 g/mol. The smallest absolute Gasteiger partial charge is 0.156 e. The molecule has 0 saturated carbocycles. The second-order valence-electron chi connectivity index (χ2n) is 3.68. The van der Waals surface area contributed by atoms with Gasteiger partial charge in [-0.1, -0.05) is 17.7 Å². The Morgan fingerprint density at radius 3 is 2.59 bits per heavy atom.